The Morgan fingerprint density at radius 3 is 1.35 bits per heavy atom. The van der Waals surface area contributed by atoms with E-state index in [9.17, 15) is 13.0 Å². The highest BCUT2D eigenvalue weighted by molar-refractivity contribution is 7.80. The van der Waals surface area contributed by atoms with Crippen LogP contribution < -0.4 is 0 Å². The van der Waals surface area contributed by atoms with Gasteiger partial charge in [0.25, 0.3) is 0 Å². The smallest absolute Gasteiger partial charge is 0.217 e. The first-order chi connectivity index (χ1) is 12.3. The molecule has 0 amide bonds. The zero-order valence-electron chi connectivity index (χ0n) is 18.1. The summed E-state index contributed by atoms with van der Waals surface area (Å²) in [6.07, 6.45) is 14.5. The van der Waals surface area contributed by atoms with Crippen LogP contribution in [-0.2, 0) is 14.6 Å². The van der Waals surface area contributed by atoms with Gasteiger partial charge in [-0.15, -0.1) is 0 Å². The Morgan fingerprint density at radius 2 is 1.08 bits per heavy atom. The van der Waals surface area contributed by atoms with Gasteiger partial charge >= 0.3 is 0 Å². The van der Waals surface area contributed by atoms with Crippen LogP contribution in [-0.4, -0.2) is 50.2 Å². The van der Waals surface area contributed by atoms with Crippen LogP contribution in [0.1, 0.15) is 98.8 Å². The molecule has 0 N–H and O–H groups in total. The van der Waals surface area contributed by atoms with Crippen molar-refractivity contribution in [3.63, 3.8) is 0 Å². The Hall–Kier alpha value is -0.170. The molecule has 0 unspecified atom stereocenters. The predicted octanol–water partition coefficient (Wildman–Crippen LogP) is 5.27. The van der Waals surface area contributed by atoms with Crippen LogP contribution >= 0.6 is 0 Å². The van der Waals surface area contributed by atoms with Crippen molar-refractivity contribution in [2.75, 3.05) is 32.8 Å². The van der Waals surface area contributed by atoms with Gasteiger partial charge in [-0.3, -0.25) is 4.18 Å². The van der Waals surface area contributed by atoms with Gasteiger partial charge in [-0.2, -0.15) is 0 Å². The molecule has 0 spiro atoms. The van der Waals surface area contributed by atoms with Crippen molar-refractivity contribution in [1.29, 1.82) is 0 Å². The topological polar surface area (TPSA) is 66.4 Å². The lowest BCUT2D eigenvalue weighted by Crippen LogP contribution is -2.48. The van der Waals surface area contributed by atoms with Crippen LogP contribution in [0.15, 0.2) is 0 Å². The fourth-order valence-electron chi connectivity index (χ4n) is 3.22. The Bertz CT molecular complexity index is 373. The van der Waals surface area contributed by atoms with E-state index >= 15 is 0 Å². The maximum absolute atomic E-state index is 9.45. The second-order valence-electron chi connectivity index (χ2n) is 7.01. The van der Waals surface area contributed by atoms with Gasteiger partial charge < -0.3 is 9.04 Å². The number of nitrogens with zero attached hydrogens (tertiary/aromatic N) is 1. The zero-order valence-corrected chi connectivity index (χ0v) is 18.9. The standard InChI is InChI=1S/C18H40N.C2H6O4S/c1-5-9-10-11-12-13-14-15-16-17-18-19(6-2,7-3)8-4;1-2-6-7(3,4)5/h5-18H2,1-4H3;2H2,1H3,(H,3,4,5)/q+1;/p-1. The average Bonchev–Trinajstić information content (AvgIpc) is 2.60. The molecule has 0 atom stereocenters. The van der Waals surface area contributed by atoms with Crippen molar-refractivity contribution in [2.45, 2.75) is 98.8 Å². The Labute approximate surface area is 164 Å². The number of rotatable bonds is 16. The molecule has 6 heteroatoms. The van der Waals surface area contributed by atoms with Gasteiger partial charge in [0.2, 0.25) is 10.4 Å². The molecule has 0 aliphatic carbocycles. The Balaban J connectivity index is 0. The van der Waals surface area contributed by atoms with Crippen molar-refractivity contribution in [3.8, 4) is 0 Å². The van der Waals surface area contributed by atoms with Gasteiger partial charge in [0.1, 0.15) is 0 Å². The largest absolute Gasteiger partial charge is 0.726 e. The molecule has 0 rings (SSSR count). The number of quaternary nitrogens is 1. The summed E-state index contributed by atoms with van der Waals surface area (Å²) in [5, 5.41) is 0. The maximum atomic E-state index is 9.45. The molecule has 0 aromatic rings. The number of hydrogen-bond donors (Lipinski definition) is 0. The maximum Gasteiger partial charge on any atom is 0.217 e. The Morgan fingerprint density at radius 1 is 0.692 bits per heavy atom. The molecule has 0 aliphatic rings. The van der Waals surface area contributed by atoms with Crippen LogP contribution in [0.2, 0.25) is 0 Å². The van der Waals surface area contributed by atoms with Gasteiger partial charge in [0.15, 0.2) is 0 Å². The first-order valence-corrected chi connectivity index (χ1v) is 12.1. The number of hydrogen-bond acceptors (Lipinski definition) is 4. The lowest BCUT2D eigenvalue weighted by Gasteiger charge is -2.35. The van der Waals surface area contributed by atoms with E-state index in [1.165, 1.54) is 102 Å². The molecule has 0 fully saturated rings. The molecule has 0 radical (unpaired) electrons. The summed E-state index contributed by atoms with van der Waals surface area (Å²) in [4.78, 5) is 0. The minimum atomic E-state index is -4.42. The highest BCUT2D eigenvalue weighted by Crippen LogP contribution is 2.13. The second kappa shape index (κ2) is 18.2. The fourth-order valence-corrected chi connectivity index (χ4v) is 3.51. The lowest BCUT2D eigenvalue weighted by molar-refractivity contribution is -0.923. The van der Waals surface area contributed by atoms with Crippen LogP contribution in [0.25, 0.3) is 0 Å². The molecule has 5 nitrogen and oxygen atoms in total. The second-order valence-corrected chi connectivity index (χ2v) is 8.06. The normalized spacial score (nSPS) is 11.9. The first kappa shape index (κ1) is 28.0. The van der Waals surface area contributed by atoms with Crippen LogP contribution in [0.3, 0.4) is 0 Å². The summed E-state index contributed by atoms with van der Waals surface area (Å²) in [6.45, 7) is 16.0. The summed E-state index contributed by atoms with van der Waals surface area (Å²) in [5.41, 5.74) is 0. The summed E-state index contributed by atoms with van der Waals surface area (Å²) in [7, 11) is -4.42. The van der Waals surface area contributed by atoms with Crippen molar-refractivity contribution in [3.05, 3.63) is 0 Å². The van der Waals surface area contributed by atoms with Crippen molar-refractivity contribution in [1.82, 2.24) is 0 Å². The van der Waals surface area contributed by atoms with Crippen molar-refractivity contribution >= 4 is 10.4 Å². The van der Waals surface area contributed by atoms with Crippen LogP contribution in [0.5, 0.6) is 0 Å². The van der Waals surface area contributed by atoms with E-state index in [4.69, 9.17) is 0 Å². The van der Waals surface area contributed by atoms with E-state index in [-0.39, 0.29) is 6.61 Å². The molecular formula is C20H45NO4S. The van der Waals surface area contributed by atoms with Crippen LogP contribution in [0.4, 0.5) is 0 Å². The minimum absolute atomic E-state index is 0.0914. The third-order valence-electron chi connectivity index (χ3n) is 5.26. The SMILES string of the molecule is CCCCCCCCCCCC[N+](CC)(CC)CC.CCOS(=O)(=O)[O-]. The number of unbranched alkanes of at least 4 members (excludes halogenated alkanes) is 9. The molecule has 0 bridgehead atoms. The quantitative estimate of drug-likeness (QED) is 0.155. The molecule has 0 heterocycles. The summed E-state index contributed by atoms with van der Waals surface area (Å²) >= 11 is 0. The molecule has 0 saturated carbocycles. The summed E-state index contributed by atoms with van der Waals surface area (Å²) in [6, 6.07) is 0. The molecule has 160 valence electrons. The van der Waals surface area contributed by atoms with E-state index in [2.05, 4.69) is 31.9 Å². The minimum Gasteiger partial charge on any atom is -0.726 e. The fraction of sp³-hybridized carbons (Fsp3) is 1.00. The van der Waals surface area contributed by atoms with E-state index in [0.717, 1.165) is 0 Å². The highest BCUT2D eigenvalue weighted by atomic mass is 32.3. The molecule has 0 saturated heterocycles. The third-order valence-corrected chi connectivity index (χ3v) is 5.79. The molecule has 0 aromatic carbocycles. The molecule has 0 aromatic heterocycles. The lowest BCUT2D eigenvalue weighted by atomic mass is 10.1. The van der Waals surface area contributed by atoms with Crippen molar-refractivity contribution in [2.24, 2.45) is 0 Å². The van der Waals surface area contributed by atoms with Crippen LogP contribution in [0, 0.1) is 0 Å². The van der Waals surface area contributed by atoms with Gasteiger partial charge in [0, 0.05) is 0 Å². The van der Waals surface area contributed by atoms with E-state index in [1.807, 2.05) is 0 Å². The predicted molar refractivity (Wildman–Crippen MR) is 110 cm³/mol. The van der Waals surface area contributed by atoms with Gasteiger partial charge in [-0.1, -0.05) is 58.3 Å². The molecular weight excluding hydrogens is 350 g/mol. The monoisotopic (exact) mass is 395 g/mol. The third kappa shape index (κ3) is 18.6. The first-order valence-electron chi connectivity index (χ1n) is 10.8. The summed E-state index contributed by atoms with van der Waals surface area (Å²) in [5.74, 6) is 0. The van der Waals surface area contributed by atoms with Gasteiger partial charge in [0.05, 0.1) is 32.8 Å². The van der Waals surface area contributed by atoms with Gasteiger partial charge in [-0.05, 0) is 40.5 Å². The van der Waals surface area contributed by atoms with E-state index in [1.54, 1.807) is 0 Å². The Kier molecular flexibility index (Phi) is 19.6. The average molecular weight is 396 g/mol. The highest BCUT2D eigenvalue weighted by Gasteiger charge is 2.19. The zero-order chi connectivity index (χ0) is 20.3. The van der Waals surface area contributed by atoms with Gasteiger partial charge in [-0.25, -0.2) is 8.42 Å². The molecule has 0 aliphatic heterocycles. The molecule has 26 heavy (non-hydrogen) atoms. The van der Waals surface area contributed by atoms with E-state index < -0.39 is 10.4 Å². The summed E-state index contributed by atoms with van der Waals surface area (Å²) < 4.78 is 33.3. The van der Waals surface area contributed by atoms with E-state index in [0.29, 0.717) is 0 Å². The van der Waals surface area contributed by atoms with Crippen molar-refractivity contribution < 1.29 is 21.6 Å².